The van der Waals surface area contributed by atoms with Crippen molar-refractivity contribution in [3.05, 3.63) is 72.2 Å². The Kier molecular flexibility index (Phi) is 6.71. The van der Waals surface area contributed by atoms with Crippen LogP contribution in [0.1, 0.15) is 61.0 Å². The molecule has 1 saturated heterocycles. The third kappa shape index (κ3) is 4.96. The maximum atomic E-state index is 11.6. The topological polar surface area (TPSA) is 108 Å². The summed E-state index contributed by atoms with van der Waals surface area (Å²) in [6.45, 7) is 1.11. The first-order valence-electron chi connectivity index (χ1n) is 13.8. The summed E-state index contributed by atoms with van der Waals surface area (Å²) in [5, 5.41) is 12.9. The molecule has 2 aromatic heterocycles. The average Bonchev–Trinajstić information content (AvgIpc) is 3.55. The lowest BCUT2D eigenvalue weighted by Gasteiger charge is -2.39. The van der Waals surface area contributed by atoms with Crippen molar-refractivity contribution in [2.24, 2.45) is 23.5 Å². The van der Waals surface area contributed by atoms with Crippen LogP contribution in [0.2, 0.25) is 0 Å². The predicted octanol–water partition coefficient (Wildman–Crippen LogP) is 5.39. The van der Waals surface area contributed by atoms with Gasteiger partial charge in [-0.25, -0.2) is 9.97 Å². The Hall–Kier alpha value is -3.92. The van der Waals surface area contributed by atoms with Gasteiger partial charge in [-0.1, -0.05) is 25.0 Å². The number of amides is 1. The van der Waals surface area contributed by atoms with E-state index in [0.717, 1.165) is 41.5 Å². The van der Waals surface area contributed by atoms with Gasteiger partial charge >= 0.3 is 0 Å². The van der Waals surface area contributed by atoms with Crippen LogP contribution in [0.15, 0.2) is 60.9 Å². The molecule has 1 amide bonds. The first-order chi connectivity index (χ1) is 18.6. The SMILES string of the molecule is N#Cc1ccc(N2C[C@@H]3C[C@H](C[C@@H]4CCCC[C@H]4Nc4cc(-c5cccc(C(N)=O)c5)ccn4)[C@H]2C3)cn1. The number of pyridine rings is 2. The molecular formula is C31H34N6O. The van der Waals surface area contributed by atoms with E-state index in [1.54, 1.807) is 6.07 Å². The number of aromatic nitrogens is 2. The van der Waals surface area contributed by atoms with Gasteiger partial charge in [-0.3, -0.25) is 4.79 Å². The summed E-state index contributed by atoms with van der Waals surface area (Å²) in [5.41, 5.74) is 9.62. The Morgan fingerprint density at radius 3 is 2.71 bits per heavy atom. The monoisotopic (exact) mass is 506 g/mol. The van der Waals surface area contributed by atoms with E-state index in [2.05, 4.69) is 38.4 Å². The number of rotatable bonds is 7. The molecule has 2 aliphatic carbocycles. The highest BCUT2D eigenvalue weighted by Crippen LogP contribution is 2.47. The molecule has 194 valence electrons. The zero-order valence-electron chi connectivity index (χ0n) is 21.6. The number of hydrogen-bond donors (Lipinski definition) is 2. The summed E-state index contributed by atoms with van der Waals surface area (Å²) in [6.07, 6.45) is 12.5. The second kappa shape index (κ2) is 10.4. The molecule has 0 unspecified atom stereocenters. The number of nitrogens with one attached hydrogen (secondary N) is 1. The number of piperidine rings is 1. The third-order valence-electron chi connectivity index (χ3n) is 8.89. The number of fused-ring (bicyclic) bond motifs is 2. The second-order valence-electron chi connectivity index (χ2n) is 11.2. The summed E-state index contributed by atoms with van der Waals surface area (Å²) in [6, 6.07) is 18.5. The minimum Gasteiger partial charge on any atom is -0.367 e. The number of primary amides is 1. The molecule has 3 fully saturated rings. The minimum absolute atomic E-state index is 0.410. The second-order valence-corrected chi connectivity index (χ2v) is 11.2. The van der Waals surface area contributed by atoms with Crippen LogP contribution in [0.3, 0.4) is 0 Å². The number of nitrogens with two attached hydrogens (primary N) is 1. The fraction of sp³-hybridized carbons (Fsp3) is 0.419. The largest absolute Gasteiger partial charge is 0.367 e. The lowest BCUT2D eigenvalue weighted by atomic mass is 9.77. The van der Waals surface area contributed by atoms with E-state index in [-0.39, 0.29) is 0 Å². The molecule has 1 aliphatic heterocycles. The van der Waals surface area contributed by atoms with Crippen molar-refractivity contribution in [2.75, 3.05) is 16.8 Å². The van der Waals surface area contributed by atoms with Crippen LogP contribution in [0.5, 0.6) is 0 Å². The molecule has 7 nitrogen and oxygen atoms in total. The molecule has 3 aromatic rings. The number of hydrogen-bond acceptors (Lipinski definition) is 6. The van der Waals surface area contributed by atoms with Gasteiger partial charge in [-0.15, -0.1) is 0 Å². The fourth-order valence-electron chi connectivity index (χ4n) is 7.13. The highest BCUT2D eigenvalue weighted by atomic mass is 16.1. The van der Waals surface area contributed by atoms with Gasteiger partial charge in [0.1, 0.15) is 17.6 Å². The minimum atomic E-state index is -0.418. The predicted molar refractivity (Wildman–Crippen MR) is 148 cm³/mol. The molecule has 38 heavy (non-hydrogen) atoms. The number of nitriles is 1. The maximum Gasteiger partial charge on any atom is 0.248 e. The van der Waals surface area contributed by atoms with Crippen molar-refractivity contribution in [3.63, 3.8) is 0 Å². The number of carbonyl (C=O) groups is 1. The van der Waals surface area contributed by atoms with Gasteiger partial charge in [-0.2, -0.15) is 5.26 Å². The number of nitrogens with zero attached hydrogens (tertiary/aromatic N) is 4. The van der Waals surface area contributed by atoms with E-state index in [1.165, 1.54) is 38.5 Å². The normalized spacial score (nSPS) is 26.2. The molecule has 1 aromatic carbocycles. The Morgan fingerprint density at radius 1 is 1.05 bits per heavy atom. The quantitative estimate of drug-likeness (QED) is 0.445. The Morgan fingerprint density at radius 2 is 1.92 bits per heavy atom. The lowest BCUT2D eigenvalue weighted by molar-refractivity contribution is 0.100. The third-order valence-corrected chi connectivity index (χ3v) is 8.89. The summed E-state index contributed by atoms with van der Waals surface area (Å²) < 4.78 is 0. The average molecular weight is 507 g/mol. The molecule has 2 bridgehead atoms. The van der Waals surface area contributed by atoms with Gasteiger partial charge < -0.3 is 16.0 Å². The van der Waals surface area contributed by atoms with E-state index in [0.29, 0.717) is 35.2 Å². The first kappa shape index (κ1) is 24.4. The van der Waals surface area contributed by atoms with Crippen molar-refractivity contribution in [2.45, 2.75) is 57.0 Å². The molecule has 0 spiro atoms. The van der Waals surface area contributed by atoms with E-state index in [9.17, 15) is 4.79 Å². The molecule has 7 heteroatoms. The van der Waals surface area contributed by atoms with Crippen LogP contribution in [-0.2, 0) is 0 Å². The number of anilines is 2. The van der Waals surface area contributed by atoms with Crippen molar-refractivity contribution >= 4 is 17.4 Å². The molecule has 3 N–H and O–H groups in total. The van der Waals surface area contributed by atoms with Crippen LogP contribution in [0.25, 0.3) is 11.1 Å². The summed E-state index contributed by atoms with van der Waals surface area (Å²) >= 11 is 0. The van der Waals surface area contributed by atoms with Gasteiger partial charge in [0.05, 0.1) is 11.9 Å². The summed E-state index contributed by atoms with van der Waals surface area (Å²) in [7, 11) is 0. The molecule has 3 aliphatic rings. The van der Waals surface area contributed by atoms with Crippen molar-refractivity contribution in [1.29, 1.82) is 5.26 Å². The molecular weight excluding hydrogens is 472 g/mol. The molecule has 2 saturated carbocycles. The van der Waals surface area contributed by atoms with Crippen LogP contribution < -0.4 is 16.0 Å². The smallest absolute Gasteiger partial charge is 0.248 e. The zero-order chi connectivity index (χ0) is 26.1. The van der Waals surface area contributed by atoms with Gasteiger partial charge in [0, 0.05) is 30.4 Å². The molecule has 6 rings (SSSR count). The first-order valence-corrected chi connectivity index (χ1v) is 13.8. The summed E-state index contributed by atoms with van der Waals surface area (Å²) in [5.74, 6) is 2.54. The maximum absolute atomic E-state index is 11.6. The highest BCUT2D eigenvalue weighted by molar-refractivity contribution is 5.94. The Labute approximate surface area is 224 Å². The highest BCUT2D eigenvalue weighted by Gasteiger charge is 2.46. The van der Waals surface area contributed by atoms with Crippen molar-refractivity contribution < 1.29 is 4.79 Å². The number of carbonyl (C=O) groups excluding carboxylic acids is 1. The van der Waals surface area contributed by atoms with Gasteiger partial charge in [0.25, 0.3) is 0 Å². The van der Waals surface area contributed by atoms with Crippen LogP contribution in [0.4, 0.5) is 11.5 Å². The van der Waals surface area contributed by atoms with Crippen LogP contribution in [-0.4, -0.2) is 34.5 Å². The van der Waals surface area contributed by atoms with Crippen LogP contribution >= 0.6 is 0 Å². The van der Waals surface area contributed by atoms with Crippen molar-refractivity contribution in [1.82, 2.24) is 9.97 Å². The Bertz CT molecular complexity index is 1350. The van der Waals surface area contributed by atoms with E-state index in [4.69, 9.17) is 11.0 Å². The Balaban J connectivity index is 1.15. The standard InChI is InChI=1S/C31H34N6O/c32-17-26-8-9-27(18-35-26)37-19-20-12-25(29(37)13-20)15-23-4-1-2-7-28(23)36-30-16-22(10-11-34-30)21-5-3-6-24(14-21)31(33)38/h3,5-6,8-11,14,16,18,20,23,25,28-29H,1-2,4,7,12-13,15,19H2,(H2,33,38)(H,34,36)/t20-,23+,25-,28-,29-/m1/s1. The van der Waals surface area contributed by atoms with Gasteiger partial charge in [0.15, 0.2) is 0 Å². The van der Waals surface area contributed by atoms with Crippen molar-refractivity contribution in [3.8, 4) is 17.2 Å². The van der Waals surface area contributed by atoms with Crippen LogP contribution in [0, 0.1) is 29.1 Å². The van der Waals surface area contributed by atoms with E-state index in [1.807, 2.05) is 42.7 Å². The molecule has 0 radical (unpaired) electrons. The molecule has 3 heterocycles. The zero-order valence-corrected chi connectivity index (χ0v) is 21.6. The van der Waals surface area contributed by atoms with E-state index >= 15 is 0 Å². The van der Waals surface area contributed by atoms with Gasteiger partial charge in [-0.05, 0) is 97.4 Å². The number of benzene rings is 1. The molecule has 5 atom stereocenters. The summed E-state index contributed by atoms with van der Waals surface area (Å²) in [4.78, 5) is 23.2. The van der Waals surface area contributed by atoms with E-state index < -0.39 is 5.91 Å². The fourth-order valence-corrected chi connectivity index (χ4v) is 7.13. The van der Waals surface area contributed by atoms with Gasteiger partial charge in [0.2, 0.25) is 5.91 Å². The lowest BCUT2D eigenvalue weighted by Crippen LogP contribution is -2.41.